The van der Waals surface area contributed by atoms with Crippen LogP contribution in [0.15, 0.2) is 24.3 Å². The normalized spacial score (nSPS) is 10.8. The van der Waals surface area contributed by atoms with E-state index in [2.05, 4.69) is 29.4 Å². The molecule has 1 aromatic heterocycles. The SMILES string of the molecule is CCc1ccc(OCCCn2nnc(CO)c2C)cc1. The molecule has 0 aliphatic heterocycles. The van der Waals surface area contributed by atoms with Crippen LogP contribution in [0.1, 0.15) is 30.3 Å². The average Bonchev–Trinajstić information content (AvgIpc) is 2.84. The fourth-order valence-corrected chi connectivity index (χ4v) is 1.98. The lowest BCUT2D eigenvalue weighted by Crippen LogP contribution is -2.07. The van der Waals surface area contributed by atoms with E-state index in [1.807, 2.05) is 19.1 Å². The standard InChI is InChI=1S/C15H21N3O2/c1-3-13-5-7-14(8-6-13)20-10-4-9-18-12(2)15(11-19)16-17-18/h5-8,19H,3-4,9-11H2,1-2H3. The lowest BCUT2D eigenvalue weighted by molar-refractivity contribution is 0.275. The smallest absolute Gasteiger partial charge is 0.119 e. The fourth-order valence-electron chi connectivity index (χ4n) is 1.98. The molecule has 1 N–H and O–H groups in total. The molecule has 108 valence electrons. The lowest BCUT2D eigenvalue weighted by atomic mass is 10.2. The Morgan fingerprint density at radius 1 is 1.25 bits per heavy atom. The molecule has 2 rings (SSSR count). The van der Waals surface area contributed by atoms with Gasteiger partial charge in [-0.05, 0) is 31.0 Å². The van der Waals surface area contributed by atoms with E-state index in [-0.39, 0.29) is 6.61 Å². The molecule has 2 aromatic rings. The molecule has 0 bridgehead atoms. The van der Waals surface area contributed by atoms with Gasteiger partial charge in [-0.25, -0.2) is 4.68 Å². The molecule has 20 heavy (non-hydrogen) atoms. The second kappa shape index (κ2) is 7.05. The number of aliphatic hydroxyl groups excluding tert-OH is 1. The van der Waals surface area contributed by atoms with Crippen molar-refractivity contribution in [2.24, 2.45) is 0 Å². The topological polar surface area (TPSA) is 60.2 Å². The van der Waals surface area contributed by atoms with E-state index >= 15 is 0 Å². The summed E-state index contributed by atoms with van der Waals surface area (Å²) < 4.78 is 7.49. The number of aliphatic hydroxyl groups is 1. The Labute approximate surface area is 119 Å². The van der Waals surface area contributed by atoms with Crippen LogP contribution < -0.4 is 4.74 Å². The minimum atomic E-state index is -0.0634. The number of aryl methyl sites for hydroxylation is 2. The Morgan fingerprint density at radius 3 is 2.60 bits per heavy atom. The Kier molecular flexibility index (Phi) is 5.12. The first-order chi connectivity index (χ1) is 9.74. The maximum Gasteiger partial charge on any atom is 0.119 e. The van der Waals surface area contributed by atoms with Gasteiger partial charge in [0.2, 0.25) is 0 Å². The predicted octanol–water partition coefficient (Wildman–Crippen LogP) is 2.11. The summed E-state index contributed by atoms with van der Waals surface area (Å²) in [5.41, 5.74) is 2.87. The number of benzene rings is 1. The molecule has 0 fully saturated rings. The highest BCUT2D eigenvalue weighted by molar-refractivity contribution is 5.27. The monoisotopic (exact) mass is 275 g/mol. The Morgan fingerprint density at radius 2 is 2.00 bits per heavy atom. The van der Waals surface area contributed by atoms with E-state index in [4.69, 9.17) is 9.84 Å². The zero-order chi connectivity index (χ0) is 14.4. The van der Waals surface area contributed by atoms with Gasteiger partial charge in [-0.15, -0.1) is 5.10 Å². The summed E-state index contributed by atoms with van der Waals surface area (Å²) in [6, 6.07) is 8.18. The van der Waals surface area contributed by atoms with Crippen molar-refractivity contribution in [1.82, 2.24) is 15.0 Å². The number of aromatic nitrogens is 3. The van der Waals surface area contributed by atoms with Crippen LogP contribution in [0.3, 0.4) is 0 Å². The van der Waals surface area contributed by atoms with Crippen molar-refractivity contribution in [1.29, 1.82) is 0 Å². The van der Waals surface area contributed by atoms with Crippen molar-refractivity contribution in [3.63, 3.8) is 0 Å². The van der Waals surface area contributed by atoms with Gasteiger partial charge in [0.15, 0.2) is 0 Å². The third-order valence-corrected chi connectivity index (χ3v) is 3.34. The van der Waals surface area contributed by atoms with E-state index in [0.717, 1.165) is 30.8 Å². The Hall–Kier alpha value is -1.88. The second-order valence-electron chi connectivity index (χ2n) is 4.70. The third kappa shape index (κ3) is 3.57. The van der Waals surface area contributed by atoms with Crippen LogP contribution in [0.4, 0.5) is 0 Å². The van der Waals surface area contributed by atoms with Gasteiger partial charge in [0, 0.05) is 13.0 Å². The third-order valence-electron chi connectivity index (χ3n) is 3.34. The van der Waals surface area contributed by atoms with Crippen LogP contribution in [-0.2, 0) is 19.6 Å². The zero-order valence-corrected chi connectivity index (χ0v) is 12.0. The zero-order valence-electron chi connectivity index (χ0n) is 12.0. The number of rotatable bonds is 7. The molecular formula is C15H21N3O2. The maximum atomic E-state index is 9.05. The highest BCUT2D eigenvalue weighted by Crippen LogP contribution is 2.13. The van der Waals surface area contributed by atoms with E-state index in [0.29, 0.717) is 12.3 Å². The molecule has 0 saturated heterocycles. The van der Waals surface area contributed by atoms with Crippen molar-refractivity contribution in [3.05, 3.63) is 41.2 Å². The second-order valence-corrected chi connectivity index (χ2v) is 4.70. The van der Waals surface area contributed by atoms with E-state index < -0.39 is 0 Å². The minimum Gasteiger partial charge on any atom is -0.494 e. The fraction of sp³-hybridized carbons (Fsp3) is 0.467. The Bertz CT molecular complexity index is 535. The molecular weight excluding hydrogens is 254 g/mol. The molecule has 5 nitrogen and oxygen atoms in total. The quantitative estimate of drug-likeness (QED) is 0.786. The molecule has 0 atom stereocenters. The van der Waals surface area contributed by atoms with Crippen LogP contribution in [-0.4, -0.2) is 26.7 Å². The van der Waals surface area contributed by atoms with Gasteiger partial charge in [-0.2, -0.15) is 0 Å². The minimum absolute atomic E-state index is 0.0634. The summed E-state index contributed by atoms with van der Waals surface area (Å²) in [4.78, 5) is 0. The van der Waals surface area contributed by atoms with Gasteiger partial charge in [-0.1, -0.05) is 24.3 Å². The van der Waals surface area contributed by atoms with Crippen LogP contribution in [0.25, 0.3) is 0 Å². The summed E-state index contributed by atoms with van der Waals surface area (Å²) in [5, 5.41) is 17.0. The molecule has 0 saturated carbocycles. The van der Waals surface area contributed by atoms with Gasteiger partial charge in [0.05, 0.1) is 18.9 Å². The van der Waals surface area contributed by atoms with Gasteiger partial charge < -0.3 is 9.84 Å². The van der Waals surface area contributed by atoms with Crippen LogP contribution in [0.5, 0.6) is 5.75 Å². The predicted molar refractivity (Wildman–Crippen MR) is 76.6 cm³/mol. The highest BCUT2D eigenvalue weighted by Gasteiger charge is 2.06. The number of hydrogen-bond donors (Lipinski definition) is 1. The molecule has 0 aliphatic rings. The van der Waals surface area contributed by atoms with Crippen molar-refractivity contribution in [2.45, 2.75) is 39.8 Å². The highest BCUT2D eigenvalue weighted by atomic mass is 16.5. The van der Waals surface area contributed by atoms with Crippen molar-refractivity contribution in [3.8, 4) is 5.75 Å². The van der Waals surface area contributed by atoms with Gasteiger partial charge in [0.1, 0.15) is 11.4 Å². The summed E-state index contributed by atoms with van der Waals surface area (Å²) in [5.74, 6) is 0.897. The molecule has 5 heteroatoms. The molecule has 0 spiro atoms. The average molecular weight is 275 g/mol. The van der Waals surface area contributed by atoms with Crippen LogP contribution >= 0.6 is 0 Å². The molecule has 1 heterocycles. The molecule has 0 unspecified atom stereocenters. The molecule has 1 aromatic carbocycles. The van der Waals surface area contributed by atoms with Crippen molar-refractivity contribution < 1.29 is 9.84 Å². The molecule has 0 radical (unpaired) electrons. The summed E-state index contributed by atoms with van der Waals surface area (Å²) >= 11 is 0. The van der Waals surface area contributed by atoms with Crippen molar-refractivity contribution in [2.75, 3.05) is 6.61 Å². The van der Waals surface area contributed by atoms with E-state index in [1.54, 1.807) is 4.68 Å². The maximum absolute atomic E-state index is 9.05. The number of hydrogen-bond acceptors (Lipinski definition) is 4. The first-order valence-electron chi connectivity index (χ1n) is 6.96. The molecule has 0 aliphatic carbocycles. The van der Waals surface area contributed by atoms with Crippen molar-refractivity contribution >= 4 is 0 Å². The number of ether oxygens (including phenoxy) is 1. The van der Waals surface area contributed by atoms with Crippen LogP contribution in [0.2, 0.25) is 0 Å². The van der Waals surface area contributed by atoms with E-state index in [1.165, 1.54) is 5.56 Å². The first kappa shape index (κ1) is 14.5. The van der Waals surface area contributed by atoms with Gasteiger partial charge in [0.25, 0.3) is 0 Å². The first-order valence-corrected chi connectivity index (χ1v) is 6.96. The summed E-state index contributed by atoms with van der Waals surface area (Å²) in [6.07, 6.45) is 1.89. The van der Waals surface area contributed by atoms with E-state index in [9.17, 15) is 0 Å². The Balaban J connectivity index is 1.76. The lowest BCUT2D eigenvalue weighted by Gasteiger charge is -2.07. The van der Waals surface area contributed by atoms with Gasteiger partial charge >= 0.3 is 0 Å². The summed E-state index contributed by atoms with van der Waals surface area (Å²) in [6.45, 7) is 5.37. The molecule has 0 amide bonds. The number of nitrogens with zero attached hydrogens (tertiary/aromatic N) is 3. The summed E-state index contributed by atoms with van der Waals surface area (Å²) in [7, 11) is 0. The van der Waals surface area contributed by atoms with Gasteiger partial charge in [-0.3, -0.25) is 0 Å². The van der Waals surface area contributed by atoms with Crippen LogP contribution in [0, 0.1) is 6.92 Å². The largest absolute Gasteiger partial charge is 0.494 e.